The Morgan fingerprint density at radius 1 is 1.25 bits per heavy atom. The number of likely N-dealkylation sites (N-methyl/N-ethyl adjacent to an activating group) is 1. The van der Waals surface area contributed by atoms with Crippen molar-refractivity contribution in [2.24, 2.45) is 11.3 Å². The highest BCUT2D eigenvalue weighted by atomic mass is 19.4. The van der Waals surface area contributed by atoms with Gasteiger partial charge in [-0.15, -0.1) is 0 Å². The van der Waals surface area contributed by atoms with E-state index in [0.717, 1.165) is 0 Å². The van der Waals surface area contributed by atoms with Crippen LogP contribution in [0.25, 0.3) is 0 Å². The number of aromatic nitrogens is 1. The molecule has 2 heterocycles. The standard InChI is InChI=1S/C17H21F3N4O2.C2H6/c1-10(25)22-14(15(26)21-2)12-4-3-5-13(23-12)24-8-16(9-24)6-11(7-16)17(18,19)20;1-2/h3-5,11,14H,6-9H2,1-2H3,(H,21,26)(H,22,25);1-2H3. The molecule has 1 aromatic rings. The maximum Gasteiger partial charge on any atom is 0.391 e. The van der Waals surface area contributed by atoms with Crippen molar-refractivity contribution in [3.05, 3.63) is 23.9 Å². The molecular formula is C19H27F3N4O2. The number of hydrogen-bond donors (Lipinski definition) is 2. The monoisotopic (exact) mass is 400 g/mol. The van der Waals surface area contributed by atoms with Gasteiger partial charge < -0.3 is 15.5 Å². The molecule has 1 saturated heterocycles. The van der Waals surface area contributed by atoms with Gasteiger partial charge in [0.25, 0.3) is 0 Å². The maximum atomic E-state index is 12.7. The molecular weight excluding hydrogens is 373 g/mol. The number of carbonyl (C=O) groups excluding carboxylic acids is 2. The minimum atomic E-state index is -4.11. The summed E-state index contributed by atoms with van der Waals surface area (Å²) in [5.74, 6) is -1.34. The van der Waals surface area contributed by atoms with E-state index >= 15 is 0 Å². The van der Waals surface area contributed by atoms with E-state index in [-0.39, 0.29) is 24.2 Å². The molecule has 1 saturated carbocycles. The molecule has 2 amide bonds. The lowest BCUT2D eigenvalue weighted by Gasteiger charge is -2.59. The van der Waals surface area contributed by atoms with E-state index in [4.69, 9.17) is 0 Å². The fraction of sp³-hybridized carbons (Fsp3) is 0.632. The SMILES string of the molecule is CC.CNC(=O)C(NC(C)=O)c1cccc(N2CC3(CC(C(F)(F)F)C3)C2)n1. The first-order chi connectivity index (χ1) is 13.1. The molecule has 1 aromatic heterocycles. The van der Waals surface area contributed by atoms with Gasteiger partial charge in [0.2, 0.25) is 11.8 Å². The third-order valence-corrected chi connectivity index (χ3v) is 5.11. The fourth-order valence-electron chi connectivity index (χ4n) is 3.80. The summed E-state index contributed by atoms with van der Waals surface area (Å²) in [7, 11) is 1.47. The summed E-state index contributed by atoms with van der Waals surface area (Å²) in [6.07, 6.45) is -3.78. The predicted molar refractivity (Wildman–Crippen MR) is 99.6 cm³/mol. The van der Waals surface area contributed by atoms with Gasteiger partial charge in [0.05, 0.1) is 11.6 Å². The average molecular weight is 400 g/mol. The van der Waals surface area contributed by atoms with Crippen LogP contribution in [0.1, 0.15) is 45.3 Å². The molecule has 1 atom stereocenters. The van der Waals surface area contributed by atoms with Crippen molar-refractivity contribution in [1.82, 2.24) is 15.6 Å². The fourth-order valence-corrected chi connectivity index (χ4v) is 3.80. The number of halogens is 3. The van der Waals surface area contributed by atoms with Gasteiger partial charge in [0, 0.05) is 32.5 Å². The molecule has 1 spiro atoms. The van der Waals surface area contributed by atoms with Crippen molar-refractivity contribution in [1.29, 1.82) is 0 Å². The van der Waals surface area contributed by atoms with Gasteiger partial charge in [-0.3, -0.25) is 9.59 Å². The number of hydrogen-bond acceptors (Lipinski definition) is 4. The Labute approximate surface area is 162 Å². The minimum absolute atomic E-state index is 0.166. The summed E-state index contributed by atoms with van der Waals surface area (Å²) < 4.78 is 38.0. The van der Waals surface area contributed by atoms with Gasteiger partial charge in [-0.1, -0.05) is 19.9 Å². The first-order valence-corrected chi connectivity index (χ1v) is 9.41. The van der Waals surface area contributed by atoms with Gasteiger partial charge >= 0.3 is 6.18 Å². The number of alkyl halides is 3. The van der Waals surface area contributed by atoms with Crippen LogP contribution in [0.15, 0.2) is 18.2 Å². The Bertz CT molecular complexity index is 709. The predicted octanol–water partition coefficient (Wildman–Crippen LogP) is 2.81. The highest BCUT2D eigenvalue weighted by Gasteiger charge is 2.60. The summed E-state index contributed by atoms with van der Waals surface area (Å²) in [6.45, 7) is 6.37. The summed E-state index contributed by atoms with van der Waals surface area (Å²) in [6, 6.07) is 4.20. The number of amides is 2. The van der Waals surface area contributed by atoms with Crippen molar-refractivity contribution in [2.45, 2.75) is 45.8 Å². The molecule has 0 bridgehead atoms. The molecule has 0 aromatic carbocycles. The average Bonchev–Trinajstić information content (AvgIpc) is 2.57. The molecule has 2 N–H and O–H groups in total. The van der Waals surface area contributed by atoms with Crippen molar-refractivity contribution in [3.63, 3.8) is 0 Å². The largest absolute Gasteiger partial charge is 0.391 e. The van der Waals surface area contributed by atoms with E-state index < -0.39 is 24.0 Å². The van der Waals surface area contributed by atoms with Gasteiger partial charge in [0.1, 0.15) is 5.82 Å². The molecule has 2 aliphatic rings. The Morgan fingerprint density at radius 2 is 1.86 bits per heavy atom. The highest BCUT2D eigenvalue weighted by molar-refractivity contribution is 5.87. The van der Waals surface area contributed by atoms with E-state index in [9.17, 15) is 22.8 Å². The Kier molecular flexibility index (Phi) is 6.56. The number of pyridine rings is 1. The molecule has 28 heavy (non-hydrogen) atoms. The van der Waals surface area contributed by atoms with Crippen molar-refractivity contribution >= 4 is 17.6 Å². The van der Waals surface area contributed by atoms with E-state index in [1.807, 2.05) is 18.7 Å². The normalized spacial score (nSPS) is 18.9. The zero-order valence-electron chi connectivity index (χ0n) is 16.6. The van der Waals surface area contributed by atoms with Gasteiger partial charge in [-0.05, 0) is 25.0 Å². The number of carbonyl (C=O) groups is 2. The zero-order chi connectivity index (χ0) is 21.1. The number of rotatable bonds is 4. The third kappa shape index (κ3) is 4.56. The molecule has 156 valence electrons. The number of anilines is 1. The lowest BCUT2D eigenvalue weighted by atomic mass is 9.57. The first-order valence-electron chi connectivity index (χ1n) is 9.41. The van der Waals surface area contributed by atoms with E-state index in [0.29, 0.717) is 24.6 Å². The van der Waals surface area contributed by atoms with Crippen molar-refractivity contribution in [3.8, 4) is 0 Å². The van der Waals surface area contributed by atoms with Gasteiger partial charge in [-0.25, -0.2) is 4.98 Å². The first kappa shape index (κ1) is 22.0. The van der Waals surface area contributed by atoms with Crippen LogP contribution in [-0.4, -0.2) is 43.1 Å². The Morgan fingerprint density at radius 3 is 2.36 bits per heavy atom. The second kappa shape index (κ2) is 8.36. The molecule has 6 nitrogen and oxygen atoms in total. The van der Waals surface area contributed by atoms with Crippen LogP contribution in [-0.2, 0) is 9.59 Å². The second-order valence-electron chi connectivity index (χ2n) is 7.17. The van der Waals surface area contributed by atoms with Crippen LogP contribution in [0, 0.1) is 11.3 Å². The minimum Gasteiger partial charge on any atom is -0.357 e. The maximum absolute atomic E-state index is 12.7. The molecule has 9 heteroatoms. The second-order valence-corrected chi connectivity index (χ2v) is 7.17. The molecule has 0 radical (unpaired) electrons. The van der Waals surface area contributed by atoms with Gasteiger partial charge in [0.15, 0.2) is 6.04 Å². The van der Waals surface area contributed by atoms with E-state index in [1.54, 1.807) is 18.2 Å². The topological polar surface area (TPSA) is 74.3 Å². The lowest BCUT2D eigenvalue weighted by Crippen LogP contribution is -2.64. The summed E-state index contributed by atoms with van der Waals surface area (Å²) in [4.78, 5) is 29.7. The number of nitrogens with one attached hydrogen (secondary N) is 2. The van der Waals surface area contributed by atoms with E-state index in [2.05, 4.69) is 15.6 Å². The quantitative estimate of drug-likeness (QED) is 0.815. The summed E-state index contributed by atoms with van der Waals surface area (Å²) in [5, 5.41) is 5.04. The lowest BCUT2D eigenvalue weighted by molar-refractivity contribution is -0.225. The van der Waals surface area contributed by atoms with Gasteiger partial charge in [-0.2, -0.15) is 13.2 Å². The van der Waals surface area contributed by atoms with Crippen LogP contribution >= 0.6 is 0 Å². The van der Waals surface area contributed by atoms with Crippen LogP contribution in [0.5, 0.6) is 0 Å². The van der Waals surface area contributed by atoms with Crippen LogP contribution in [0.3, 0.4) is 0 Å². The van der Waals surface area contributed by atoms with Crippen molar-refractivity contribution < 1.29 is 22.8 Å². The summed E-state index contributed by atoms with van der Waals surface area (Å²) in [5.41, 5.74) is 0.121. The van der Waals surface area contributed by atoms with Crippen LogP contribution < -0.4 is 15.5 Å². The van der Waals surface area contributed by atoms with Crippen molar-refractivity contribution in [2.75, 3.05) is 25.0 Å². The molecule has 3 rings (SSSR count). The molecule has 1 unspecified atom stereocenters. The third-order valence-electron chi connectivity index (χ3n) is 5.11. The highest BCUT2D eigenvalue weighted by Crippen LogP contribution is 2.57. The summed E-state index contributed by atoms with van der Waals surface area (Å²) >= 11 is 0. The zero-order valence-corrected chi connectivity index (χ0v) is 16.6. The molecule has 1 aliphatic heterocycles. The number of nitrogens with zero attached hydrogens (tertiary/aromatic N) is 2. The molecule has 2 fully saturated rings. The van der Waals surface area contributed by atoms with E-state index in [1.165, 1.54) is 14.0 Å². The Balaban J connectivity index is 0.00000136. The van der Waals surface area contributed by atoms with Crippen LogP contribution in [0.4, 0.5) is 19.0 Å². The smallest absolute Gasteiger partial charge is 0.357 e. The Hall–Kier alpha value is -2.32. The van der Waals surface area contributed by atoms with Crippen LogP contribution in [0.2, 0.25) is 0 Å². The molecule has 1 aliphatic carbocycles.